The minimum Gasteiger partial charge on any atom is -0.478 e. The lowest BCUT2D eigenvalue weighted by atomic mass is 10.2. The molecule has 112 valence electrons. The monoisotopic (exact) mass is 390 g/mol. The topological polar surface area (TPSA) is 96.4 Å². The second-order valence-corrected chi connectivity index (χ2v) is 8.03. The van der Waals surface area contributed by atoms with Gasteiger partial charge in [-0.2, -0.15) is 0 Å². The van der Waals surface area contributed by atoms with Crippen molar-refractivity contribution < 1.29 is 18.3 Å². The van der Waals surface area contributed by atoms with Crippen molar-refractivity contribution in [1.29, 1.82) is 0 Å². The first-order valence-corrected chi connectivity index (χ1v) is 8.82. The lowest BCUT2D eigenvalue weighted by Crippen LogP contribution is -2.23. The number of aromatic carboxylic acids is 1. The summed E-state index contributed by atoms with van der Waals surface area (Å²) < 4.78 is 27.3. The lowest BCUT2D eigenvalue weighted by molar-refractivity contribution is 0.0696. The van der Waals surface area contributed by atoms with Crippen LogP contribution in [-0.4, -0.2) is 24.5 Å². The van der Waals surface area contributed by atoms with E-state index in [0.29, 0.717) is 4.47 Å². The maximum atomic E-state index is 12.3. The van der Waals surface area contributed by atoms with E-state index in [1.807, 2.05) is 6.92 Å². The van der Waals surface area contributed by atoms with E-state index in [4.69, 9.17) is 5.11 Å². The summed E-state index contributed by atoms with van der Waals surface area (Å²) in [6.45, 7) is 1.94. The van der Waals surface area contributed by atoms with Gasteiger partial charge in [0.15, 0.2) is 0 Å². The molecular formula is C12H11BrN2O4S2. The van der Waals surface area contributed by atoms with Crippen molar-refractivity contribution in [3.05, 3.63) is 44.3 Å². The Morgan fingerprint density at radius 2 is 2.19 bits per heavy atom. The maximum Gasteiger partial charge on any atom is 0.335 e. The predicted molar refractivity (Wildman–Crippen MR) is 82.0 cm³/mol. The van der Waals surface area contributed by atoms with Crippen molar-refractivity contribution in [2.45, 2.75) is 18.4 Å². The van der Waals surface area contributed by atoms with Gasteiger partial charge in [-0.1, -0.05) is 0 Å². The molecule has 1 heterocycles. The predicted octanol–water partition coefficient (Wildman–Crippen LogP) is 2.39. The van der Waals surface area contributed by atoms with Crippen LogP contribution in [0.5, 0.6) is 0 Å². The van der Waals surface area contributed by atoms with E-state index >= 15 is 0 Å². The van der Waals surface area contributed by atoms with Crippen molar-refractivity contribution >= 4 is 43.3 Å². The highest BCUT2D eigenvalue weighted by atomic mass is 79.9. The Morgan fingerprint density at radius 1 is 1.48 bits per heavy atom. The van der Waals surface area contributed by atoms with Crippen LogP contribution in [0.2, 0.25) is 0 Å². The van der Waals surface area contributed by atoms with Crippen molar-refractivity contribution in [1.82, 2.24) is 9.71 Å². The molecule has 21 heavy (non-hydrogen) atoms. The molecule has 0 unspecified atom stereocenters. The Bertz CT molecular complexity index is 786. The molecule has 9 heteroatoms. The van der Waals surface area contributed by atoms with Gasteiger partial charge in [-0.05, 0) is 41.1 Å². The number of hydrogen-bond donors (Lipinski definition) is 2. The highest BCUT2D eigenvalue weighted by molar-refractivity contribution is 9.10. The molecule has 1 aromatic heterocycles. The SMILES string of the molecule is Cc1ncc(CNS(=O)(=O)c2cc(C(=O)O)ccc2Br)s1. The molecule has 6 nitrogen and oxygen atoms in total. The summed E-state index contributed by atoms with van der Waals surface area (Å²) in [6.07, 6.45) is 1.60. The number of hydrogen-bond acceptors (Lipinski definition) is 5. The van der Waals surface area contributed by atoms with E-state index in [-0.39, 0.29) is 17.0 Å². The molecule has 2 rings (SSSR count). The fourth-order valence-electron chi connectivity index (χ4n) is 1.57. The van der Waals surface area contributed by atoms with Crippen LogP contribution >= 0.6 is 27.3 Å². The van der Waals surface area contributed by atoms with Crippen LogP contribution in [-0.2, 0) is 16.6 Å². The van der Waals surface area contributed by atoms with Crippen molar-refractivity contribution in [3.8, 4) is 0 Å². The van der Waals surface area contributed by atoms with Crippen molar-refractivity contribution in [3.63, 3.8) is 0 Å². The fraction of sp³-hybridized carbons (Fsp3) is 0.167. The molecule has 0 aliphatic carbocycles. The summed E-state index contributed by atoms with van der Waals surface area (Å²) >= 11 is 4.52. The number of nitrogens with one attached hydrogen (secondary N) is 1. The lowest BCUT2D eigenvalue weighted by Gasteiger charge is -2.08. The molecule has 1 aromatic carbocycles. The number of rotatable bonds is 5. The number of nitrogens with zero attached hydrogens (tertiary/aromatic N) is 1. The van der Waals surface area contributed by atoms with Gasteiger partial charge in [-0.25, -0.2) is 22.9 Å². The Morgan fingerprint density at radius 3 is 2.76 bits per heavy atom. The van der Waals surface area contributed by atoms with E-state index in [0.717, 1.165) is 16.0 Å². The highest BCUT2D eigenvalue weighted by Crippen LogP contribution is 2.23. The fourth-order valence-corrected chi connectivity index (χ4v) is 4.39. The summed E-state index contributed by atoms with van der Waals surface area (Å²) in [4.78, 5) is 15.6. The zero-order valence-corrected chi connectivity index (χ0v) is 14.0. The number of aryl methyl sites for hydroxylation is 1. The molecule has 0 radical (unpaired) electrons. The molecule has 0 saturated carbocycles. The molecule has 0 amide bonds. The summed E-state index contributed by atoms with van der Waals surface area (Å²) in [5.74, 6) is -1.18. The van der Waals surface area contributed by atoms with E-state index in [9.17, 15) is 13.2 Å². The number of halogens is 1. The molecule has 0 spiro atoms. The van der Waals surface area contributed by atoms with Gasteiger partial charge in [0, 0.05) is 22.1 Å². The molecule has 2 aromatic rings. The number of carbonyl (C=O) groups is 1. The van der Waals surface area contributed by atoms with E-state index in [1.54, 1.807) is 6.20 Å². The molecule has 0 aliphatic rings. The first-order valence-electron chi connectivity index (χ1n) is 5.73. The minimum atomic E-state index is -3.82. The first-order chi connectivity index (χ1) is 9.79. The molecule has 0 aliphatic heterocycles. The van der Waals surface area contributed by atoms with Crippen LogP contribution < -0.4 is 4.72 Å². The molecule has 2 N–H and O–H groups in total. The van der Waals surface area contributed by atoms with Gasteiger partial charge in [-0.15, -0.1) is 11.3 Å². The zero-order chi connectivity index (χ0) is 15.6. The van der Waals surface area contributed by atoms with Gasteiger partial charge in [0.25, 0.3) is 0 Å². The number of carboxylic acid groups (broad SMARTS) is 1. The Kier molecular flexibility index (Phi) is 4.77. The van der Waals surface area contributed by atoms with Gasteiger partial charge >= 0.3 is 5.97 Å². The molecule has 0 saturated heterocycles. The summed E-state index contributed by atoms with van der Waals surface area (Å²) in [5, 5.41) is 9.79. The van der Waals surface area contributed by atoms with Gasteiger partial charge in [0.1, 0.15) is 0 Å². The average molecular weight is 391 g/mol. The zero-order valence-electron chi connectivity index (χ0n) is 10.8. The van der Waals surface area contributed by atoms with Crippen LogP contribution in [0, 0.1) is 6.92 Å². The van der Waals surface area contributed by atoms with Gasteiger partial charge in [0.05, 0.1) is 15.5 Å². The Hall–Kier alpha value is -1.29. The third-order valence-electron chi connectivity index (χ3n) is 2.57. The van der Waals surface area contributed by atoms with Gasteiger partial charge < -0.3 is 5.11 Å². The molecule has 0 bridgehead atoms. The Labute approximate surface area is 134 Å². The number of aromatic nitrogens is 1. The molecule has 0 atom stereocenters. The van der Waals surface area contributed by atoms with Crippen molar-refractivity contribution in [2.75, 3.05) is 0 Å². The Balaban J connectivity index is 2.26. The van der Waals surface area contributed by atoms with Crippen LogP contribution in [0.3, 0.4) is 0 Å². The first kappa shape index (κ1) is 16.1. The van der Waals surface area contributed by atoms with Gasteiger partial charge in [-0.3, -0.25) is 0 Å². The average Bonchev–Trinajstić information content (AvgIpc) is 2.82. The largest absolute Gasteiger partial charge is 0.478 e. The number of carboxylic acids is 1. The second kappa shape index (κ2) is 6.22. The van der Waals surface area contributed by atoms with Crippen LogP contribution in [0.25, 0.3) is 0 Å². The summed E-state index contributed by atoms with van der Waals surface area (Å²) in [7, 11) is -3.82. The van der Waals surface area contributed by atoms with Crippen molar-refractivity contribution in [2.24, 2.45) is 0 Å². The maximum absolute atomic E-state index is 12.3. The van der Waals surface area contributed by atoms with Crippen LogP contribution in [0.15, 0.2) is 33.8 Å². The molecular weight excluding hydrogens is 380 g/mol. The number of sulfonamides is 1. The standard InChI is InChI=1S/C12H11BrN2O4S2/c1-7-14-5-9(20-7)6-15-21(18,19)11-4-8(12(16)17)2-3-10(11)13/h2-5,15H,6H2,1H3,(H,16,17). The number of benzene rings is 1. The summed E-state index contributed by atoms with van der Waals surface area (Å²) in [5.41, 5.74) is -0.0905. The molecule has 0 fully saturated rings. The minimum absolute atomic E-state index is 0.0905. The third kappa shape index (κ3) is 3.88. The highest BCUT2D eigenvalue weighted by Gasteiger charge is 2.19. The summed E-state index contributed by atoms with van der Waals surface area (Å²) in [6, 6.07) is 3.85. The van der Waals surface area contributed by atoms with E-state index < -0.39 is 16.0 Å². The van der Waals surface area contributed by atoms with E-state index in [2.05, 4.69) is 25.6 Å². The quantitative estimate of drug-likeness (QED) is 0.816. The normalized spacial score (nSPS) is 11.5. The van der Waals surface area contributed by atoms with E-state index in [1.165, 1.54) is 23.5 Å². The second-order valence-electron chi connectivity index (χ2n) is 4.12. The van der Waals surface area contributed by atoms with Crippen LogP contribution in [0.1, 0.15) is 20.2 Å². The third-order valence-corrected chi connectivity index (χ3v) is 5.88. The van der Waals surface area contributed by atoms with Gasteiger partial charge in [0.2, 0.25) is 10.0 Å². The smallest absolute Gasteiger partial charge is 0.335 e. The number of thiazole rings is 1. The van der Waals surface area contributed by atoms with Crippen LogP contribution in [0.4, 0.5) is 0 Å².